The Morgan fingerprint density at radius 2 is 1.59 bits per heavy atom. The molecule has 0 radical (unpaired) electrons. The fourth-order valence-electron chi connectivity index (χ4n) is 1.18. The molecule has 8 heteroatoms. The third kappa shape index (κ3) is 4.75. The molecule has 0 amide bonds. The largest absolute Gasteiger partial charge is 0.475 e. The predicted molar refractivity (Wildman–Crippen MR) is 56.9 cm³/mol. The number of carboxylic acids is 1. The summed E-state index contributed by atoms with van der Waals surface area (Å²) in [5, 5.41) is 36.4. The number of carboxylic acid groups (broad SMARTS) is 1. The number of ketones is 1. The van der Waals surface area contributed by atoms with Gasteiger partial charge in [-0.3, -0.25) is 4.79 Å². The lowest BCUT2D eigenvalue weighted by Crippen LogP contribution is -2.56. The second-order valence-electron chi connectivity index (χ2n) is 3.89. The number of aliphatic carboxylic acids is 1. The Kier molecular flexibility index (Phi) is 6.21. The molecule has 0 rings (SSSR count). The van der Waals surface area contributed by atoms with Gasteiger partial charge in [0.1, 0.15) is 0 Å². The normalized spacial score (nSPS) is 20.1. The summed E-state index contributed by atoms with van der Waals surface area (Å²) < 4.78 is 0. The number of hydrogen-bond acceptors (Lipinski definition) is 7. The molecule has 17 heavy (non-hydrogen) atoms. The van der Waals surface area contributed by atoms with Crippen LogP contribution < -0.4 is 11.5 Å². The van der Waals surface area contributed by atoms with Crippen LogP contribution in [0.3, 0.4) is 0 Å². The molecular formula is C9H18N2O6. The lowest BCUT2D eigenvalue weighted by Gasteiger charge is -2.29. The van der Waals surface area contributed by atoms with Crippen molar-refractivity contribution in [1.82, 2.24) is 0 Å². The minimum Gasteiger partial charge on any atom is -0.475 e. The van der Waals surface area contributed by atoms with Crippen LogP contribution in [0.2, 0.25) is 0 Å². The zero-order valence-electron chi connectivity index (χ0n) is 9.35. The molecule has 0 heterocycles. The van der Waals surface area contributed by atoms with Gasteiger partial charge in [-0.2, -0.15) is 0 Å². The molecule has 0 spiro atoms. The molecule has 0 fully saturated rings. The van der Waals surface area contributed by atoms with Crippen LogP contribution in [0.5, 0.6) is 0 Å². The van der Waals surface area contributed by atoms with E-state index in [9.17, 15) is 19.8 Å². The van der Waals surface area contributed by atoms with Crippen molar-refractivity contribution >= 4 is 11.8 Å². The summed E-state index contributed by atoms with van der Waals surface area (Å²) >= 11 is 0. The van der Waals surface area contributed by atoms with Gasteiger partial charge in [0.25, 0.3) is 0 Å². The number of nitrogens with two attached hydrogens (primary N) is 2. The van der Waals surface area contributed by atoms with Crippen LogP contribution in [-0.2, 0) is 9.59 Å². The Morgan fingerprint density at radius 1 is 1.12 bits per heavy atom. The van der Waals surface area contributed by atoms with Gasteiger partial charge in [0.15, 0.2) is 0 Å². The number of rotatable bonds is 7. The Balaban J connectivity index is 4.44. The molecule has 100 valence electrons. The second kappa shape index (κ2) is 6.62. The maximum atomic E-state index is 10.8. The molecule has 0 aliphatic rings. The van der Waals surface area contributed by atoms with Gasteiger partial charge >= 0.3 is 5.97 Å². The number of aliphatic hydroxyl groups excluding tert-OH is 3. The van der Waals surface area contributed by atoms with Crippen LogP contribution in [0.15, 0.2) is 0 Å². The van der Waals surface area contributed by atoms with E-state index in [1.54, 1.807) is 0 Å². The fourth-order valence-corrected chi connectivity index (χ4v) is 1.18. The highest BCUT2D eigenvalue weighted by atomic mass is 16.4. The lowest BCUT2D eigenvalue weighted by atomic mass is 9.94. The predicted octanol–water partition coefficient (Wildman–Crippen LogP) is -3.21. The molecule has 8 N–H and O–H groups in total. The number of aliphatic hydroxyl groups is 3. The molecule has 5 atom stereocenters. The van der Waals surface area contributed by atoms with Gasteiger partial charge in [0.05, 0.1) is 30.4 Å². The molecule has 0 saturated carbocycles. The summed E-state index contributed by atoms with van der Waals surface area (Å²) in [4.78, 5) is 21.0. The van der Waals surface area contributed by atoms with Gasteiger partial charge in [-0.05, 0) is 6.92 Å². The first-order chi connectivity index (χ1) is 7.68. The van der Waals surface area contributed by atoms with Crippen molar-refractivity contribution in [3.8, 4) is 0 Å². The average molecular weight is 250 g/mol. The summed E-state index contributed by atoms with van der Waals surface area (Å²) in [6.45, 7) is 1.33. The average Bonchev–Trinajstić information content (AvgIpc) is 2.25. The zero-order chi connectivity index (χ0) is 13.7. The number of Topliss-reactive ketones (excluding diaryl/α,β-unsaturated/α-hetero) is 1. The van der Waals surface area contributed by atoms with E-state index < -0.39 is 48.6 Å². The van der Waals surface area contributed by atoms with E-state index >= 15 is 0 Å². The van der Waals surface area contributed by atoms with E-state index in [-0.39, 0.29) is 0 Å². The molecule has 0 aromatic heterocycles. The molecule has 0 aliphatic carbocycles. The van der Waals surface area contributed by atoms with Crippen molar-refractivity contribution in [3.05, 3.63) is 0 Å². The van der Waals surface area contributed by atoms with Gasteiger partial charge in [0.2, 0.25) is 5.78 Å². The van der Waals surface area contributed by atoms with Crippen molar-refractivity contribution < 1.29 is 30.0 Å². The van der Waals surface area contributed by atoms with Crippen LogP contribution in [0.25, 0.3) is 0 Å². The minimum atomic E-state index is -1.69. The highest BCUT2D eigenvalue weighted by Crippen LogP contribution is 2.07. The summed E-state index contributed by atoms with van der Waals surface area (Å²) in [6.07, 6.45) is -4.77. The highest BCUT2D eigenvalue weighted by Gasteiger charge is 2.32. The maximum absolute atomic E-state index is 10.8. The molecule has 0 aliphatic heterocycles. The third-order valence-electron chi connectivity index (χ3n) is 2.42. The molecule has 0 aromatic rings. The first-order valence-electron chi connectivity index (χ1n) is 5.00. The number of carbonyl (C=O) groups is 2. The monoisotopic (exact) mass is 250 g/mol. The topological polar surface area (TPSA) is 167 Å². The molecule has 5 unspecified atom stereocenters. The second-order valence-corrected chi connectivity index (χ2v) is 3.89. The van der Waals surface area contributed by atoms with Crippen molar-refractivity contribution in [2.75, 3.05) is 0 Å². The Hall–Kier alpha value is -1.06. The SMILES string of the molecule is CC(O)C(N)C(O)C(N)C(O)CC(=O)C(=O)O. The van der Waals surface area contributed by atoms with Crippen LogP contribution in [0.1, 0.15) is 13.3 Å². The van der Waals surface area contributed by atoms with E-state index in [0.717, 1.165) is 0 Å². The molecule has 0 bridgehead atoms. The zero-order valence-corrected chi connectivity index (χ0v) is 9.35. The van der Waals surface area contributed by atoms with Crippen molar-refractivity contribution in [3.63, 3.8) is 0 Å². The quantitative estimate of drug-likeness (QED) is 0.257. The number of hydrogen-bond donors (Lipinski definition) is 6. The molecule has 0 aromatic carbocycles. The summed E-state index contributed by atoms with van der Waals surface area (Å²) in [5.74, 6) is -2.91. The first kappa shape index (κ1) is 15.9. The van der Waals surface area contributed by atoms with Crippen molar-refractivity contribution in [2.24, 2.45) is 11.5 Å². The molecule has 8 nitrogen and oxygen atoms in total. The Bertz CT molecular complexity index is 283. The van der Waals surface area contributed by atoms with E-state index in [2.05, 4.69) is 0 Å². The van der Waals surface area contributed by atoms with Crippen LogP contribution in [0, 0.1) is 0 Å². The van der Waals surface area contributed by atoms with Crippen molar-refractivity contribution in [2.45, 2.75) is 43.7 Å². The van der Waals surface area contributed by atoms with Gasteiger partial charge < -0.3 is 31.9 Å². The standard InChI is InChI=1S/C9H18N2O6/c1-3(12)6(10)8(15)7(11)4(13)2-5(14)9(16)17/h3-4,6-8,12-13,15H,2,10-11H2,1H3,(H,16,17). The van der Waals surface area contributed by atoms with E-state index in [1.165, 1.54) is 6.92 Å². The summed E-state index contributed by atoms with van der Waals surface area (Å²) in [6, 6.07) is -2.41. The smallest absolute Gasteiger partial charge is 0.372 e. The summed E-state index contributed by atoms with van der Waals surface area (Å²) in [5.41, 5.74) is 10.8. The van der Waals surface area contributed by atoms with Gasteiger partial charge in [0, 0.05) is 6.42 Å². The van der Waals surface area contributed by atoms with Gasteiger partial charge in [-0.25, -0.2) is 4.79 Å². The number of carbonyl (C=O) groups excluding carboxylic acids is 1. The molecule has 0 saturated heterocycles. The van der Waals surface area contributed by atoms with Gasteiger partial charge in [-0.15, -0.1) is 0 Å². The van der Waals surface area contributed by atoms with Crippen LogP contribution >= 0.6 is 0 Å². The van der Waals surface area contributed by atoms with E-state index in [0.29, 0.717) is 0 Å². The van der Waals surface area contributed by atoms with Gasteiger partial charge in [-0.1, -0.05) is 0 Å². The van der Waals surface area contributed by atoms with E-state index in [1.807, 2.05) is 0 Å². The first-order valence-corrected chi connectivity index (χ1v) is 5.00. The Labute approximate surface area is 97.8 Å². The summed E-state index contributed by atoms with van der Waals surface area (Å²) in [7, 11) is 0. The highest BCUT2D eigenvalue weighted by molar-refractivity contribution is 6.32. The maximum Gasteiger partial charge on any atom is 0.372 e. The molecular weight excluding hydrogens is 232 g/mol. The van der Waals surface area contributed by atoms with Crippen LogP contribution in [-0.4, -0.2) is 62.6 Å². The van der Waals surface area contributed by atoms with Crippen molar-refractivity contribution in [1.29, 1.82) is 0 Å². The van der Waals surface area contributed by atoms with E-state index in [4.69, 9.17) is 21.7 Å². The fraction of sp³-hybridized carbons (Fsp3) is 0.778. The lowest BCUT2D eigenvalue weighted by molar-refractivity contribution is -0.150. The third-order valence-corrected chi connectivity index (χ3v) is 2.42. The van der Waals surface area contributed by atoms with Crippen LogP contribution in [0.4, 0.5) is 0 Å². The minimum absolute atomic E-state index is 0.722. The Morgan fingerprint density at radius 3 is 1.94 bits per heavy atom.